The first-order valence-electron chi connectivity index (χ1n) is 9.98. The van der Waals surface area contributed by atoms with E-state index in [0.717, 1.165) is 55.1 Å². The van der Waals surface area contributed by atoms with Gasteiger partial charge in [-0.15, -0.1) is 0 Å². The summed E-state index contributed by atoms with van der Waals surface area (Å²) in [5.41, 5.74) is 2.82. The Hall–Kier alpha value is -3.12. The van der Waals surface area contributed by atoms with Gasteiger partial charge in [0.2, 0.25) is 5.91 Å². The lowest BCUT2D eigenvalue weighted by Gasteiger charge is -2.36. The highest BCUT2D eigenvalue weighted by molar-refractivity contribution is 6.00. The minimum Gasteiger partial charge on any atom is -0.497 e. The lowest BCUT2D eigenvalue weighted by Crippen LogP contribution is -2.47. The maximum Gasteiger partial charge on any atom is 0.225 e. The molecule has 0 radical (unpaired) electrons. The molecule has 3 aromatic rings. The number of methoxy groups -OCH3 is 1. The van der Waals surface area contributed by atoms with Crippen LogP contribution in [0.15, 0.2) is 60.8 Å². The van der Waals surface area contributed by atoms with E-state index < -0.39 is 0 Å². The number of benzene rings is 2. The minimum atomic E-state index is 0.0285. The van der Waals surface area contributed by atoms with Crippen molar-refractivity contribution in [3.05, 3.63) is 60.8 Å². The molecule has 2 heterocycles. The van der Waals surface area contributed by atoms with Gasteiger partial charge in [0, 0.05) is 56.4 Å². The van der Waals surface area contributed by atoms with Crippen LogP contribution in [0.2, 0.25) is 0 Å². The molecule has 6 nitrogen and oxygen atoms in total. The first-order chi connectivity index (χ1) is 14.2. The third-order valence-electron chi connectivity index (χ3n) is 5.37. The molecule has 1 fully saturated rings. The van der Waals surface area contributed by atoms with Crippen LogP contribution in [0.5, 0.6) is 5.75 Å². The van der Waals surface area contributed by atoms with Crippen LogP contribution in [0.4, 0.5) is 11.4 Å². The Balaban J connectivity index is 1.26. The Morgan fingerprint density at radius 1 is 1.03 bits per heavy atom. The molecule has 1 N–H and O–H groups in total. The molecule has 0 spiro atoms. The molecule has 6 heteroatoms. The van der Waals surface area contributed by atoms with E-state index in [1.165, 1.54) is 5.69 Å². The SMILES string of the molecule is COc1ccc(N2CCN(CCC(=O)Nc3cccc4cccnc34)CC2)cc1. The van der Waals surface area contributed by atoms with Crippen LogP contribution >= 0.6 is 0 Å². The molecule has 1 aliphatic rings. The number of amides is 1. The standard InChI is InChI=1S/C23H26N4O2/c1-29-20-9-7-19(8-10-20)27-16-14-26(15-17-27)13-11-22(28)25-21-6-2-4-18-5-3-12-24-23(18)21/h2-10,12H,11,13-17H2,1H3,(H,25,28). The smallest absolute Gasteiger partial charge is 0.225 e. The molecule has 0 unspecified atom stereocenters. The summed E-state index contributed by atoms with van der Waals surface area (Å²) in [7, 11) is 1.68. The number of nitrogens with zero attached hydrogens (tertiary/aromatic N) is 3. The van der Waals surface area contributed by atoms with Crippen molar-refractivity contribution >= 4 is 28.2 Å². The number of ether oxygens (including phenoxy) is 1. The number of hydrogen-bond acceptors (Lipinski definition) is 5. The highest BCUT2D eigenvalue weighted by Gasteiger charge is 2.18. The number of carbonyl (C=O) groups excluding carboxylic acids is 1. The van der Waals surface area contributed by atoms with Crippen LogP contribution in [-0.2, 0) is 4.79 Å². The van der Waals surface area contributed by atoms with Gasteiger partial charge in [0.1, 0.15) is 5.75 Å². The third-order valence-corrected chi connectivity index (χ3v) is 5.37. The summed E-state index contributed by atoms with van der Waals surface area (Å²) in [5, 5.41) is 4.05. The van der Waals surface area contributed by atoms with Gasteiger partial charge in [0.15, 0.2) is 0 Å². The van der Waals surface area contributed by atoms with Crippen LogP contribution < -0.4 is 15.0 Å². The predicted molar refractivity (Wildman–Crippen MR) is 117 cm³/mol. The summed E-state index contributed by atoms with van der Waals surface area (Å²) < 4.78 is 5.23. The van der Waals surface area contributed by atoms with Crippen molar-refractivity contribution < 1.29 is 9.53 Å². The Bertz CT molecular complexity index is 961. The number of hydrogen-bond donors (Lipinski definition) is 1. The molecule has 2 aromatic carbocycles. The lowest BCUT2D eigenvalue weighted by atomic mass is 10.2. The van der Waals surface area contributed by atoms with E-state index >= 15 is 0 Å². The summed E-state index contributed by atoms with van der Waals surface area (Å²) >= 11 is 0. The van der Waals surface area contributed by atoms with Gasteiger partial charge in [0.25, 0.3) is 0 Å². The fraction of sp³-hybridized carbons (Fsp3) is 0.304. The van der Waals surface area contributed by atoms with E-state index in [-0.39, 0.29) is 5.91 Å². The maximum absolute atomic E-state index is 12.5. The zero-order valence-electron chi connectivity index (χ0n) is 16.7. The number of carbonyl (C=O) groups is 1. The Labute approximate surface area is 171 Å². The van der Waals surface area contributed by atoms with E-state index in [1.807, 2.05) is 42.5 Å². The van der Waals surface area contributed by atoms with Crippen molar-refractivity contribution in [1.29, 1.82) is 0 Å². The van der Waals surface area contributed by atoms with Crippen molar-refractivity contribution in [3.8, 4) is 5.75 Å². The van der Waals surface area contributed by atoms with Crippen molar-refractivity contribution in [1.82, 2.24) is 9.88 Å². The average Bonchev–Trinajstić information content (AvgIpc) is 2.78. The van der Waals surface area contributed by atoms with Crippen LogP contribution in [0.25, 0.3) is 10.9 Å². The molecular weight excluding hydrogens is 364 g/mol. The monoisotopic (exact) mass is 390 g/mol. The van der Waals surface area contributed by atoms with Gasteiger partial charge in [-0.05, 0) is 36.4 Å². The van der Waals surface area contributed by atoms with Crippen LogP contribution in [-0.4, -0.2) is 55.6 Å². The first-order valence-corrected chi connectivity index (χ1v) is 9.98. The molecule has 4 rings (SSSR count). The Kier molecular flexibility index (Phi) is 5.91. The van der Waals surface area contributed by atoms with Crippen molar-refractivity contribution in [3.63, 3.8) is 0 Å². The van der Waals surface area contributed by atoms with E-state index in [0.29, 0.717) is 6.42 Å². The normalized spacial score (nSPS) is 14.7. The van der Waals surface area contributed by atoms with Crippen LogP contribution in [0, 0.1) is 0 Å². The fourth-order valence-electron chi connectivity index (χ4n) is 3.70. The highest BCUT2D eigenvalue weighted by Crippen LogP contribution is 2.22. The number of nitrogens with one attached hydrogen (secondary N) is 1. The van der Waals surface area contributed by atoms with Crippen molar-refractivity contribution in [2.45, 2.75) is 6.42 Å². The summed E-state index contributed by atoms with van der Waals surface area (Å²) in [6.45, 7) is 4.59. The molecule has 150 valence electrons. The number of piperazine rings is 1. The maximum atomic E-state index is 12.5. The van der Waals surface area contributed by atoms with Gasteiger partial charge in [-0.25, -0.2) is 0 Å². The number of fused-ring (bicyclic) bond motifs is 1. The van der Waals surface area contributed by atoms with Crippen LogP contribution in [0.1, 0.15) is 6.42 Å². The van der Waals surface area contributed by atoms with E-state index in [1.54, 1.807) is 13.3 Å². The van der Waals surface area contributed by atoms with Gasteiger partial charge in [0.05, 0.1) is 18.3 Å². The topological polar surface area (TPSA) is 57.7 Å². The molecular formula is C23H26N4O2. The average molecular weight is 390 g/mol. The van der Waals surface area contributed by atoms with Crippen molar-refractivity contribution in [2.75, 3.05) is 50.1 Å². The molecule has 29 heavy (non-hydrogen) atoms. The molecule has 1 aromatic heterocycles. The summed E-state index contributed by atoms with van der Waals surface area (Å²) in [4.78, 5) is 21.6. The Morgan fingerprint density at radius 2 is 1.79 bits per heavy atom. The zero-order chi connectivity index (χ0) is 20.1. The molecule has 0 atom stereocenters. The fourth-order valence-corrected chi connectivity index (χ4v) is 3.70. The van der Waals surface area contributed by atoms with Gasteiger partial charge in [-0.3, -0.25) is 14.7 Å². The minimum absolute atomic E-state index is 0.0285. The second kappa shape index (κ2) is 8.92. The van der Waals surface area contributed by atoms with Gasteiger partial charge in [-0.2, -0.15) is 0 Å². The van der Waals surface area contributed by atoms with E-state index in [4.69, 9.17) is 4.74 Å². The number of aromatic nitrogens is 1. The predicted octanol–water partition coefficient (Wildman–Crippen LogP) is 3.39. The van der Waals surface area contributed by atoms with E-state index in [2.05, 4.69) is 32.2 Å². The molecule has 1 saturated heterocycles. The largest absolute Gasteiger partial charge is 0.497 e. The number of anilines is 2. The van der Waals surface area contributed by atoms with Crippen molar-refractivity contribution in [2.24, 2.45) is 0 Å². The second-order valence-electron chi connectivity index (χ2n) is 7.21. The quantitative estimate of drug-likeness (QED) is 0.699. The summed E-state index contributed by atoms with van der Waals surface area (Å²) in [5.74, 6) is 0.903. The summed E-state index contributed by atoms with van der Waals surface area (Å²) in [6, 6.07) is 17.9. The molecule has 0 saturated carbocycles. The van der Waals surface area contributed by atoms with E-state index in [9.17, 15) is 4.79 Å². The van der Waals surface area contributed by atoms with Crippen LogP contribution in [0.3, 0.4) is 0 Å². The molecule has 0 bridgehead atoms. The van der Waals surface area contributed by atoms with Gasteiger partial charge >= 0.3 is 0 Å². The zero-order valence-corrected chi connectivity index (χ0v) is 16.7. The highest BCUT2D eigenvalue weighted by atomic mass is 16.5. The Morgan fingerprint density at radius 3 is 2.55 bits per heavy atom. The van der Waals surface area contributed by atoms with Gasteiger partial charge < -0.3 is 15.0 Å². The second-order valence-corrected chi connectivity index (χ2v) is 7.21. The number of para-hydroxylation sites is 1. The number of rotatable bonds is 6. The van der Waals surface area contributed by atoms with Gasteiger partial charge in [-0.1, -0.05) is 18.2 Å². The lowest BCUT2D eigenvalue weighted by molar-refractivity contribution is -0.116. The third kappa shape index (κ3) is 4.66. The molecule has 0 aliphatic carbocycles. The first kappa shape index (κ1) is 19.2. The molecule has 1 aliphatic heterocycles. The summed E-state index contributed by atoms with van der Waals surface area (Å²) in [6.07, 6.45) is 2.23. The molecule has 1 amide bonds. The number of pyridine rings is 1.